The van der Waals surface area contributed by atoms with Crippen LogP contribution in [0, 0.1) is 0 Å². The molecule has 0 saturated carbocycles. The van der Waals surface area contributed by atoms with Gasteiger partial charge in [0, 0.05) is 10.9 Å². The average molecular weight is 303 g/mol. The van der Waals surface area contributed by atoms with Crippen molar-refractivity contribution in [3.05, 3.63) is 23.8 Å². The van der Waals surface area contributed by atoms with E-state index in [0.29, 0.717) is 11.5 Å². The van der Waals surface area contributed by atoms with Gasteiger partial charge in [-0.25, -0.2) is 0 Å². The third-order valence-corrected chi connectivity index (χ3v) is 3.21. The summed E-state index contributed by atoms with van der Waals surface area (Å²) in [6.45, 7) is 0. The Kier molecular flexibility index (Phi) is 6.37. The summed E-state index contributed by atoms with van der Waals surface area (Å²) in [5, 5.41) is 11.1. The minimum Gasteiger partial charge on any atom is -0.493 e. The molecule has 0 aliphatic heterocycles. The predicted octanol–water partition coefficient (Wildman–Crippen LogP) is 3.30. The van der Waals surface area contributed by atoms with Gasteiger partial charge >= 0.3 is 0 Å². The summed E-state index contributed by atoms with van der Waals surface area (Å²) in [5.74, 6) is 1.28. The molecule has 0 amide bonds. The Morgan fingerprint density at radius 1 is 1.24 bits per heavy atom. The molecule has 1 unspecified atom stereocenters. The van der Waals surface area contributed by atoms with E-state index in [1.165, 1.54) is 0 Å². The second-order valence-electron chi connectivity index (χ2n) is 3.78. The van der Waals surface area contributed by atoms with Crippen LogP contribution in [0.3, 0.4) is 0 Å². The van der Waals surface area contributed by atoms with Gasteiger partial charge in [0.2, 0.25) is 0 Å². The van der Waals surface area contributed by atoms with E-state index in [1.54, 1.807) is 14.2 Å². The molecular formula is C13H19BrO3. The van der Waals surface area contributed by atoms with Crippen LogP contribution in [0.15, 0.2) is 18.2 Å². The Labute approximate surface area is 111 Å². The number of para-hydroxylation sites is 1. The molecule has 0 spiro atoms. The molecule has 17 heavy (non-hydrogen) atoms. The maximum absolute atomic E-state index is 10.1. The van der Waals surface area contributed by atoms with Crippen molar-refractivity contribution in [3.63, 3.8) is 0 Å². The third kappa shape index (κ3) is 3.89. The molecular weight excluding hydrogens is 284 g/mol. The normalized spacial score (nSPS) is 12.2. The fraction of sp³-hybridized carbons (Fsp3) is 0.538. The van der Waals surface area contributed by atoms with Gasteiger partial charge in [-0.1, -0.05) is 28.1 Å². The highest BCUT2D eigenvalue weighted by Gasteiger charge is 2.16. The maximum Gasteiger partial charge on any atom is 0.166 e. The van der Waals surface area contributed by atoms with E-state index in [4.69, 9.17) is 9.47 Å². The highest BCUT2D eigenvalue weighted by atomic mass is 79.9. The first-order valence-electron chi connectivity index (χ1n) is 5.69. The van der Waals surface area contributed by atoms with E-state index in [2.05, 4.69) is 15.9 Å². The number of unbranched alkanes of at least 4 members (excludes halogenated alkanes) is 1. The number of alkyl halides is 1. The van der Waals surface area contributed by atoms with E-state index in [-0.39, 0.29) is 0 Å². The molecule has 0 radical (unpaired) electrons. The van der Waals surface area contributed by atoms with Crippen LogP contribution in [-0.4, -0.2) is 24.7 Å². The van der Waals surface area contributed by atoms with Gasteiger partial charge in [-0.15, -0.1) is 0 Å². The van der Waals surface area contributed by atoms with Crippen molar-refractivity contribution in [2.24, 2.45) is 0 Å². The zero-order chi connectivity index (χ0) is 12.7. The fourth-order valence-electron chi connectivity index (χ4n) is 1.76. The molecule has 1 atom stereocenters. The number of aliphatic hydroxyl groups excluding tert-OH is 1. The van der Waals surface area contributed by atoms with Gasteiger partial charge < -0.3 is 14.6 Å². The van der Waals surface area contributed by atoms with Crippen molar-refractivity contribution in [2.75, 3.05) is 19.5 Å². The summed E-state index contributed by atoms with van der Waals surface area (Å²) >= 11 is 3.38. The number of methoxy groups -OCH3 is 2. The molecule has 0 bridgehead atoms. The van der Waals surface area contributed by atoms with Crippen LogP contribution in [0.5, 0.6) is 11.5 Å². The second kappa shape index (κ2) is 7.56. The van der Waals surface area contributed by atoms with Gasteiger partial charge in [-0.2, -0.15) is 0 Å². The Morgan fingerprint density at radius 3 is 2.59 bits per heavy atom. The summed E-state index contributed by atoms with van der Waals surface area (Å²) in [6, 6.07) is 5.57. The molecule has 1 rings (SSSR count). The van der Waals surface area contributed by atoms with Crippen LogP contribution in [0.1, 0.15) is 30.9 Å². The predicted molar refractivity (Wildman–Crippen MR) is 72.2 cm³/mol. The van der Waals surface area contributed by atoms with Crippen LogP contribution in [0.4, 0.5) is 0 Å². The highest BCUT2D eigenvalue weighted by molar-refractivity contribution is 9.09. The average Bonchev–Trinajstić information content (AvgIpc) is 2.37. The number of halogens is 1. The first-order chi connectivity index (χ1) is 8.24. The molecule has 0 saturated heterocycles. The fourth-order valence-corrected chi connectivity index (χ4v) is 2.16. The van der Waals surface area contributed by atoms with Crippen LogP contribution in [-0.2, 0) is 0 Å². The Hall–Kier alpha value is -0.740. The topological polar surface area (TPSA) is 38.7 Å². The standard InChI is InChI=1S/C13H19BrO3/c1-16-12-8-5-6-10(13(12)17-2)11(15)7-3-4-9-14/h5-6,8,11,15H,3-4,7,9H2,1-2H3. The Balaban J connectivity index is 2.81. The molecule has 0 aliphatic carbocycles. The first kappa shape index (κ1) is 14.3. The lowest BCUT2D eigenvalue weighted by Gasteiger charge is -2.16. The number of ether oxygens (including phenoxy) is 2. The van der Waals surface area contributed by atoms with E-state index >= 15 is 0 Å². The van der Waals surface area contributed by atoms with Crippen LogP contribution in [0.25, 0.3) is 0 Å². The molecule has 96 valence electrons. The van der Waals surface area contributed by atoms with Crippen molar-refractivity contribution in [1.82, 2.24) is 0 Å². The minimum absolute atomic E-state index is 0.501. The summed E-state index contributed by atoms with van der Waals surface area (Å²) in [7, 11) is 3.19. The Bertz CT molecular complexity index is 341. The van der Waals surface area contributed by atoms with Crippen LogP contribution >= 0.6 is 15.9 Å². The largest absolute Gasteiger partial charge is 0.493 e. The lowest BCUT2D eigenvalue weighted by Crippen LogP contribution is -2.02. The molecule has 1 aromatic rings. The van der Waals surface area contributed by atoms with Gasteiger partial charge in [0.05, 0.1) is 20.3 Å². The smallest absolute Gasteiger partial charge is 0.166 e. The molecule has 1 N–H and O–H groups in total. The van der Waals surface area contributed by atoms with E-state index < -0.39 is 6.10 Å². The van der Waals surface area contributed by atoms with Gasteiger partial charge in [0.25, 0.3) is 0 Å². The van der Waals surface area contributed by atoms with Gasteiger partial charge in [-0.3, -0.25) is 0 Å². The summed E-state index contributed by atoms with van der Waals surface area (Å²) in [4.78, 5) is 0. The van der Waals surface area contributed by atoms with E-state index in [0.717, 1.165) is 30.2 Å². The molecule has 4 heteroatoms. The zero-order valence-corrected chi connectivity index (χ0v) is 11.9. The lowest BCUT2D eigenvalue weighted by molar-refractivity contribution is 0.159. The van der Waals surface area contributed by atoms with E-state index in [9.17, 15) is 5.11 Å². The lowest BCUT2D eigenvalue weighted by atomic mass is 10.0. The van der Waals surface area contributed by atoms with Crippen molar-refractivity contribution in [3.8, 4) is 11.5 Å². The Morgan fingerprint density at radius 2 is 2.00 bits per heavy atom. The van der Waals surface area contributed by atoms with Crippen molar-refractivity contribution >= 4 is 15.9 Å². The molecule has 1 aromatic carbocycles. The second-order valence-corrected chi connectivity index (χ2v) is 4.58. The molecule has 0 heterocycles. The summed E-state index contributed by atoms with van der Waals surface area (Å²) < 4.78 is 10.5. The third-order valence-electron chi connectivity index (χ3n) is 2.65. The quantitative estimate of drug-likeness (QED) is 0.620. The zero-order valence-electron chi connectivity index (χ0n) is 10.3. The number of hydrogen-bond donors (Lipinski definition) is 1. The molecule has 0 aliphatic rings. The molecule has 3 nitrogen and oxygen atoms in total. The number of aliphatic hydroxyl groups is 1. The number of benzene rings is 1. The van der Waals surface area contributed by atoms with Crippen LogP contribution in [0.2, 0.25) is 0 Å². The molecule has 0 aromatic heterocycles. The van der Waals surface area contributed by atoms with Crippen molar-refractivity contribution in [2.45, 2.75) is 25.4 Å². The summed E-state index contributed by atoms with van der Waals surface area (Å²) in [5.41, 5.74) is 0.793. The maximum atomic E-state index is 10.1. The first-order valence-corrected chi connectivity index (χ1v) is 6.81. The van der Waals surface area contributed by atoms with Gasteiger partial charge in [-0.05, 0) is 25.3 Å². The monoisotopic (exact) mass is 302 g/mol. The van der Waals surface area contributed by atoms with Crippen molar-refractivity contribution < 1.29 is 14.6 Å². The van der Waals surface area contributed by atoms with Crippen molar-refractivity contribution in [1.29, 1.82) is 0 Å². The highest BCUT2D eigenvalue weighted by Crippen LogP contribution is 2.36. The van der Waals surface area contributed by atoms with Gasteiger partial charge in [0.15, 0.2) is 11.5 Å². The molecule has 0 fully saturated rings. The summed E-state index contributed by atoms with van der Waals surface area (Å²) in [6.07, 6.45) is 2.27. The number of hydrogen-bond acceptors (Lipinski definition) is 3. The van der Waals surface area contributed by atoms with E-state index in [1.807, 2.05) is 18.2 Å². The SMILES string of the molecule is COc1cccc(C(O)CCCCBr)c1OC. The minimum atomic E-state index is -0.501. The van der Waals surface area contributed by atoms with Gasteiger partial charge in [0.1, 0.15) is 0 Å². The number of rotatable bonds is 7. The van der Waals surface area contributed by atoms with Crippen LogP contribution < -0.4 is 9.47 Å².